The van der Waals surface area contributed by atoms with E-state index in [4.69, 9.17) is 4.74 Å². The maximum Gasteiger partial charge on any atom is 0.306 e. The Morgan fingerprint density at radius 1 is 0.455 bits per heavy atom. The molecule has 0 saturated heterocycles. The van der Waals surface area contributed by atoms with Crippen molar-refractivity contribution in [1.82, 2.24) is 5.32 Å². The first-order valence-electron chi connectivity index (χ1n) is 28.9. The van der Waals surface area contributed by atoms with Crippen LogP contribution in [0.3, 0.4) is 0 Å². The standard InChI is InChI=1S/C60H111NO5/c1-4-7-10-13-16-19-22-24-26-28-29-31-33-35-38-41-44-47-50-53-60(65)66-56(51-48-45-42-39-36-21-18-15-12-9-6-3)54-59(64)61-57(55-62)58(63)52-49-46-43-40-37-34-32-30-27-25-23-20-17-14-11-8-5-2/h16,19,24,26,39,42,48,51,56-58,62-63H,4-15,17-18,20-23,25,27-38,40-41,43-47,49-50,52-55H2,1-3H3,(H,61,64)/b19-16-,26-24-,42-39-,51-48+. The van der Waals surface area contributed by atoms with Crippen LogP contribution in [0.5, 0.6) is 0 Å². The zero-order valence-electron chi connectivity index (χ0n) is 44.1. The van der Waals surface area contributed by atoms with E-state index in [1.54, 1.807) is 0 Å². The molecule has 0 bridgehead atoms. The van der Waals surface area contributed by atoms with Crippen molar-refractivity contribution in [2.24, 2.45) is 0 Å². The van der Waals surface area contributed by atoms with Crippen molar-refractivity contribution in [2.75, 3.05) is 6.61 Å². The molecule has 0 heterocycles. The third-order valence-corrected chi connectivity index (χ3v) is 13.1. The topological polar surface area (TPSA) is 95.9 Å². The minimum atomic E-state index is -0.812. The Kier molecular flexibility index (Phi) is 52.0. The molecular weight excluding hydrogens is 815 g/mol. The third kappa shape index (κ3) is 48.3. The Morgan fingerprint density at radius 2 is 0.803 bits per heavy atom. The summed E-state index contributed by atoms with van der Waals surface area (Å²) >= 11 is 0. The van der Waals surface area contributed by atoms with Gasteiger partial charge >= 0.3 is 5.97 Å². The highest BCUT2D eigenvalue weighted by Crippen LogP contribution is 2.17. The van der Waals surface area contributed by atoms with E-state index in [1.807, 2.05) is 12.2 Å². The van der Waals surface area contributed by atoms with E-state index in [9.17, 15) is 19.8 Å². The van der Waals surface area contributed by atoms with Gasteiger partial charge in [-0.25, -0.2) is 0 Å². The molecule has 3 N–H and O–H groups in total. The summed E-state index contributed by atoms with van der Waals surface area (Å²) in [6, 6.07) is -0.733. The normalized spacial score (nSPS) is 13.5. The monoisotopic (exact) mass is 926 g/mol. The van der Waals surface area contributed by atoms with Gasteiger partial charge in [0.2, 0.25) is 5.91 Å². The van der Waals surface area contributed by atoms with Gasteiger partial charge in [0.05, 0.1) is 25.2 Å². The first kappa shape index (κ1) is 63.8. The molecule has 3 unspecified atom stereocenters. The van der Waals surface area contributed by atoms with E-state index in [2.05, 4.69) is 62.5 Å². The Labute approximate surface area is 410 Å². The van der Waals surface area contributed by atoms with E-state index in [0.29, 0.717) is 12.8 Å². The fraction of sp³-hybridized carbons (Fsp3) is 0.833. The van der Waals surface area contributed by atoms with Gasteiger partial charge in [0, 0.05) is 6.42 Å². The average molecular weight is 927 g/mol. The van der Waals surface area contributed by atoms with Gasteiger partial charge in [-0.15, -0.1) is 0 Å². The molecule has 0 spiro atoms. The fourth-order valence-electron chi connectivity index (χ4n) is 8.72. The van der Waals surface area contributed by atoms with E-state index in [0.717, 1.165) is 57.8 Å². The van der Waals surface area contributed by atoms with Gasteiger partial charge in [0.15, 0.2) is 0 Å². The van der Waals surface area contributed by atoms with E-state index in [-0.39, 0.29) is 24.9 Å². The van der Waals surface area contributed by atoms with Crippen LogP contribution in [0.25, 0.3) is 0 Å². The molecule has 6 heteroatoms. The predicted molar refractivity (Wildman–Crippen MR) is 287 cm³/mol. The lowest BCUT2D eigenvalue weighted by atomic mass is 10.0. The predicted octanol–water partition coefficient (Wildman–Crippen LogP) is 17.8. The summed E-state index contributed by atoms with van der Waals surface area (Å²) < 4.78 is 5.85. The number of carbonyl (C=O) groups excluding carboxylic acids is 2. The molecule has 0 saturated carbocycles. The second-order valence-electron chi connectivity index (χ2n) is 19.7. The van der Waals surface area contributed by atoms with E-state index in [1.165, 1.54) is 199 Å². The average Bonchev–Trinajstić information content (AvgIpc) is 3.31. The van der Waals surface area contributed by atoms with Crippen LogP contribution in [-0.2, 0) is 14.3 Å². The lowest BCUT2D eigenvalue weighted by molar-refractivity contribution is -0.148. The lowest BCUT2D eigenvalue weighted by Crippen LogP contribution is -2.46. The van der Waals surface area contributed by atoms with Crippen molar-refractivity contribution in [1.29, 1.82) is 0 Å². The lowest BCUT2D eigenvalue weighted by Gasteiger charge is -2.23. The first-order valence-corrected chi connectivity index (χ1v) is 28.9. The number of carbonyl (C=O) groups is 2. The third-order valence-electron chi connectivity index (χ3n) is 13.1. The first-order chi connectivity index (χ1) is 32.5. The summed E-state index contributed by atoms with van der Waals surface area (Å²) in [7, 11) is 0. The highest BCUT2D eigenvalue weighted by molar-refractivity contribution is 5.78. The molecule has 0 aliphatic carbocycles. The van der Waals surface area contributed by atoms with Crippen molar-refractivity contribution in [2.45, 2.75) is 315 Å². The number of allylic oxidation sites excluding steroid dienone is 7. The number of rotatable bonds is 52. The SMILES string of the molecule is CCCCC/C=C\C/C=C\CCCCCCCCCCCC(=O)OC(/C=C/C/C=C\CCCCCCCC)CC(=O)NC(CO)C(O)CCCCCCCCCCCCCCCCCCC. The number of aliphatic hydroxyl groups is 2. The molecule has 0 fully saturated rings. The van der Waals surface area contributed by atoms with Crippen LogP contribution in [0.15, 0.2) is 48.6 Å². The number of hydrogen-bond acceptors (Lipinski definition) is 5. The van der Waals surface area contributed by atoms with Gasteiger partial charge in [0.25, 0.3) is 0 Å². The molecule has 1 amide bonds. The second-order valence-corrected chi connectivity index (χ2v) is 19.7. The molecule has 3 atom stereocenters. The molecule has 386 valence electrons. The molecule has 0 aliphatic rings. The summed E-state index contributed by atoms with van der Waals surface area (Å²) in [6.07, 6.45) is 66.4. The molecule has 0 radical (unpaired) electrons. The summed E-state index contributed by atoms with van der Waals surface area (Å²) in [5.74, 6) is -0.598. The molecule has 0 aromatic rings. The van der Waals surface area contributed by atoms with Crippen molar-refractivity contribution < 1.29 is 24.5 Å². The van der Waals surface area contributed by atoms with Gasteiger partial charge in [-0.1, -0.05) is 262 Å². The van der Waals surface area contributed by atoms with E-state index < -0.39 is 18.2 Å². The van der Waals surface area contributed by atoms with E-state index >= 15 is 0 Å². The summed E-state index contributed by atoms with van der Waals surface area (Å²) in [4.78, 5) is 26.2. The Bertz CT molecular complexity index is 1130. The van der Waals surface area contributed by atoms with Gasteiger partial charge in [-0.3, -0.25) is 9.59 Å². The minimum absolute atomic E-state index is 0.0289. The molecule has 6 nitrogen and oxygen atoms in total. The Morgan fingerprint density at radius 3 is 1.23 bits per heavy atom. The summed E-state index contributed by atoms with van der Waals surface area (Å²) in [6.45, 7) is 6.45. The van der Waals surface area contributed by atoms with Crippen molar-refractivity contribution >= 4 is 11.9 Å². The molecular formula is C60H111NO5. The zero-order chi connectivity index (χ0) is 48.1. The van der Waals surface area contributed by atoms with Crippen molar-refractivity contribution in [3.8, 4) is 0 Å². The number of hydrogen-bond donors (Lipinski definition) is 3. The summed E-state index contributed by atoms with van der Waals surface area (Å²) in [5.41, 5.74) is 0. The highest BCUT2D eigenvalue weighted by atomic mass is 16.5. The quantitative estimate of drug-likeness (QED) is 0.0321. The highest BCUT2D eigenvalue weighted by Gasteiger charge is 2.23. The van der Waals surface area contributed by atoms with Crippen LogP contribution in [0.1, 0.15) is 297 Å². The molecule has 0 aromatic carbocycles. The second kappa shape index (κ2) is 53.8. The molecule has 0 rings (SSSR count). The molecule has 66 heavy (non-hydrogen) atoms. The van der Waals surface area contributed by atoms with Crippen LogP contribution in [0, 0.1) is 0 Å². The fourth-order valence-corrected chi connectivity index (χ4v) is 8.72. The number of esters is 1. The van der Waals surface area contributed by atoms with Crippen molar-refractivity contribution in [3.05, 3.63) is 48.6 Å². The largest absolute Gasteiger partial charge is 0.458 e. The number of ether oxygens (including phenoxy) is 1. The van der Waals surface area contributed by atoms with Crippen molar-refractivity contribution in [3.63, 3.8) is 0 Å². The van der Waals surface area contributed by atoms with Gasteiger partial charge < -0.3 is 20.3 Å². The smallest absolute Gasteiger partial charge is 0.306 e. The number of nitrogens with one attached hydrogen (secondary N) is 1. The maximum absolute atomic E-state index is 13.2. The van der Waals surface area contributed by atoms with Gasteiger partial charge in [-0.2, -0.15) is 0 Å². The maximum atomic E-state index is 13.2. The van der Waals surface area contributed by atoms with Gasteiger partial charge in [-0.05, 0) is 70.3 Å². The molecule has 0 aromatic heterocycles. The number of unbranched alkanes of at least 4 members (excludes halogenated alkanes) is 34. The van der Waals surface area contributed by atoms with Crippen LogP contribution in [0.2, 0.25) is 0 Å². The van der Waals surface area contributed by atoms with Crippen LogP contribution in [-0.4, -0.2) is 46.9 Å². The van der Waals surface area contributed by atoms with Crippen LogP contribution < -0.4 is 5.32 Å². The molecule has 0 aliphatic heterocycles. The van der Waals surface area contributed by atoms with Gasteiger partial charge in [0.1, 0.15) is 6.10 Å². The zero-order valence-corrected chi connectivity index (χ0v) is 44.1. The Hall–Kier alpha value is -2.18. The summed E-state index contributed by atoms with van der Waals surface area (Å²) in [5, 5.41) is 23.8. The minimum Gasteiger partial charge on any atom is -0.458 e. The number of amides is 1. The number of aliphatic hydroxyl groups excluding tert-OH is 2. The van der Waals surface area contributed by atoms with Crippen LogP contribution in [0.4, 0.5) is 0 Å². The Balaban J connectivity index is 4.49. The van der Waals surface area contributed by atoms with Crippen LogP contribution >= 0.6 is 0 Å².